The number of aliphatic hydroxyl groups excluding tert-OH is 1. The lowest BCUT2D eigenvalue weighted by Gasteiger charge is -2.12. The lowest BCUT2D eigenvalue weighted by Crippen LogP contribution is -2.02. The van der Waals surface area contributed by atoms with E-state index in [0.29, 0.717) is 23.4 Å². The second-order valence-electron chi connectivity index (χ2n) is 7.29. The molecular weight excluding hydrogens is 404 g/mol. The number of nitrogens with zero attached hydrogens (tertiary/aromatic N) is 2. The summed E-state index contributed by atoms with van der Waals surface area (Å²) >= 11 is 0. The monoisotopic (exact) mass is 424 g/mol. The van der Waals surface area contributed by atoms with Gasteiger partial charge in [0.15, 0.2) is 5.78 Å². The summed E-state index contributed by atoms with van der Waals surface area (Å²) in [5, 5.41) is 29.0. The van der Waals surface area contributed by atoms with E-state index in [9.17, 15) is 15.0 Å². The molecule has 0 amide bonds. The molecular formula is C26H20N2O4. The van der Waals surface area contributed by atoms with Crippen LogP contribution in [0.1, 0.15) is 27.0 Å². The Labute approximate surface area is 185 Å². The van der Waals surface area contributed by atoms with Crippen molar-refractivity contribution in [1.82, 2.24) is 4.98 Å². The molecule has 0 saturated carbocycles. The van der Waals surface area contributed by atoms with Gasteiger partial charge in [-0.05, 0) is 59.5 Å². The second-order valence-corrected chi connectivity index (χ2v) is 7.29. The molecule has 0 aliphatic rings. The van der Waals surface area contributed by atoms with Gasteiger partial charge in [-0.15, -0.1) is 0 Å². The first-order valence-electron chi connectivity index (χ1n) is 10.0. The average Bonchev–Trinajstić information content (AvgIpc) is 2.82. The van der Waals surface area contributed by atoms with Crippen LogP contribution in [0, 0.1) is 11.3 Å². The van der Waals surface area contributed by atoms with Crippen molar-refractivity contribution in [3.05, 3.63) is 89.0 Å². The summed E-state index contributed by atoms with van der Waals surface area (Å²) < 4.78 is 5.37. The van der Waals surface area contributed by atoms with Crippen molar-refractivity contribution < 1.29 is 19.7 Å². The SMILES string of the molecule is COc1cc(-c2cccc(CCO)c2)c2cc(C(=O)c3ccc(C#N)c(O)c3)ccc2n1. The number of benzene rings is 3. The van der Waals surface area contributed by atoms with Gasteiger partial charge in [0.2, 0.25) is 5.88 Å². The topological polar surface area (TPSA) is 103 Å². The zero-order valence-electron chi connectivity index (χ0n) is 17.4. The number of hydrogen-bond donors (Lipinski definition) is 2. The van der Waals surface area contributed by atoms with Gasteiger partial charge in [0.05, 0.1) is 18.2 Å². The lowest BCUT2D eigenvalue weighted by molar-refractivity contribution is 0.103. The van der Waals surface area contributed by atoms with Gasteiger partial charge in [0.25, 0.3) is 0 Å². The summed E-state index contributed by atoms with van der Waals surface area (Å²) in [6.45, 7) is 0.0555. The van der Waals surface area contributed by atoms with Crippen molar-refractivity contribution in [3.63, 3.8) is 0 Å². The molecule has 0 atom stereocenters. The summed E-state index contributed by atoms with van der Waals surface area (Å²) in [7, 11) is 1.55. The molecule has 1 aromatic heterocycles. The van der Waals surface area contributed by atoms with Crippen LogP contribution in [-0.4, -0.2) is 34.7 Å². The zero-order valence-corrected chi connectivity index (χ0v) is 17.4. The minimum Gasteiger partial charge on any atom is -0.507 e. The standard InChI is InChI=1S/C26H20N2O4/c1-32-25-14-21(17-4-2-3-16(11-17)9-10-29)22-12-18(7-8-23(22)28-25)26(31)19-5-6-20(15-27)24(30)13-19/h2-8,11-14,29-30H,9-10H2,1H3. The first-order chi connectivity index (χ1) is 15.5. The van der Waals surface area contributed by atoms with E-state index in [0.717, 1.165) is 22.1 Å². The molecule has 0 unspecified atom stereocenters. The van der Waals surface area contributed by atoms with Crippen molar-refractivity contribution in [2.75, 3.05) is 13.7 Å². The fraction of sp³-hybridized carbons (Fsp3) is 0.115. The van der Waals surface area contributed by atoms with E-state index in [2.05, 4.69) is 4.98 Å². The number of carbonyl (C=O) groups is 1. The Morgan fingerprint density at radius 3 is 2.56 bits per heavy atom. The number of pyridine rings is 1. The highest BCUT2D eigenvalue weighted by Crippen LogP contribution is 2.33. The molecule has 2 N–H and O–H groups in total. The third-order valence-electron chi connectivity index (χ3n) is 5.28. The van der Waals surface area contributed by atoms with Crippen LogP contribution >= 0.6 is 0 Å². The summed E-state index contributed by atoms with van der Waals surface area (Å²) in [5.41, 5.74) is 4.27. The number of rotatable bonds is 6. The minimum absolute atomic E-state index is 0.0555. The largest absolute Gasteiger partial charge is 0.507 e. The Hall–Kier alpha value is -4.21. The van der Waals surface area contributed by atoms with Gasteiger partial charge in [-0.25, -0.2) is 4.98 Å². The second kappa shape index (κ2) is 8.88. The molecule has 4 rings (SSSR count). The number of phenols is 1. The maximum Gasteiger partial charge on any atom is 0.214 e. The van der Waals surface area contributed by atoms with Crippen molar-refractivity contribution >= 4 is 16.7 Å². The molecule has 3 aromatic carbocycles. The molecule has 0 radical (unpaired) electrons. The number of hydrogen-bond acceptors (Lipinski definition) is 6. The van der Waals surface area contributed by atoms with Gasteiger partial charge < -0.3 is 14.9 Å². The Morgan fingerprint density at radius 2 is 1.84 bits per heavy atom. The smallest absolute Gasteiger partial charge is 0.214 e. The maximum absolute atomic E-state index is 13.1. The van der Waals surface area contributed by atoms with Crippen LogP contribution in [-0.2, 0) is 6.42 Å². The first-order valence-corrected chi connectivity index (χ1v) is 10.0. The molecule has 0 bridgehead atoms. The number of aliphatic hydroxyl groups is 1. The number of aromatic hydroxyl groups is 1. The fourth-order valence-corrected chi connectivity index (χ4v) is 3.64. The van der Waals surface area contributed by atoms with E-state index in [1.165, 1.54) is 18.2 Å². The van der Waals surface area contributed by atoms with Crippen LogP contribution in [0.25, 0.3) is 22.0 Å². The average molecular weight is 424 g/mol. The van der Waals surface area contributed by atoms with Crippen LogP contribution in [0.5, 0.6) is 11.6 Å². The number of fused-ring (bicyclic) bond motifs is 1. The lowest BCUT2D eigenvalue weighted by atomic mass is 9.95. The molecule has 32 heavy (non-hydrogen) atoms. The highest BCUT2D eigenvalue weighted by atomic mass is 16.5. The zero-order chi connectivity index (χ0) is 22.7. The van der Waals surface area contributed by atoms with Crippen LogP contribution in [0.3, 0.4) is 0 Å². The Kier molecular flexibility index (Phi) is 5.84. The van der Waals surface area contributed by atoms with E-state index >= 15 is 0 Å². The van der Waals surface area contributed by atoms with Gasteiger partial charge >= 0.3 is 0 Å². The van der Waals surface area contributed by atoms with Gasteiger partial charge in [-0.1, -0.05) is 24.3 Å². The Balaban J connectivity index is 1.85. The van der Waals surface area contributed by atoms with E-state index in [1.54, 1.807) is 25.3 Å². The highest BCUT2D eigenvalue weighted by Gasteiger charge is 2.15. The minimum atomic E-state index is -0.275. The number of methoxy groups -OCH3 is 1. The van der Waals surface area contributed by atoms with Gasteiger partial charge in [-0.2, -0.15) is 5.26 Å². The number of ketones is 1. The molecule has 1 heterocycles. The summed E-state index contributed by atoms with van der Waals surface area (Å²) in [6.07, 6.45) is 0.542. The van der Waals surface area contributed by atoms with Crippen molar-refractivity contribution in [3.8, 4) is 28.8 Å². The predicted molar refractivity (Wildman–Crippen MR) is 121 cm³/mol. The van der Waals surface area contributed by atoms with Crippen molar-refractivity contribution in [2.24, 2.45) is 0 Å². The third-order valence-corrected chi connectivity index (χ3v) is 5.28. The van der Waals surface area contributed by atoms with Gasteiger partial charge in [0.1, 0.15) is 11.8 Å². The molecule has 6 heteroatoms. The van der Waals surface area contributed by atoms with Crippen molar-refractivity contribution in [2.45, 2.75) is 6.42 Å². The normalized spacial score (nSPS) is 10.7. The molecule has 4 aromatic rings. The predicted octanol–water partition coefficient (Wildman–Crippen LogP) is 4.25. The number of ether oxygens (including phenoxy) is 1. The molecule has 0 aliphatic carbocycles. The molecule has 0 fully saturated rings. The van der Waals surface area contributed by atoms with E-state index in [1.807, 2.05) is 36.4 Å². The first kappa shape index (κ1) is 21.0. The number of phenolic OH excluding ortho intramolecular Hbond substituents is 1. The fourth-order valence-electron chi connectivity index (χ4n) is 3.64. The van der Waals surface area contributed by atoms with Crippen LogP contribution in [0.15, 0.2) is 66.7 Å². The summed E-state index contributed by atoms with van der Waals surface area (Å²) in [4.78, 5) is 17.6. The molecule has 158 valence electrons. The van der Waals surface area contributed by atoms with Crippen LogP contribution < -0.4 is 4.74 Å². The quantitative estimate of drug-likeness (QED) is 0.449. The highest BCUT2D eigenvalue weighted by molar-refractivity contribution is 6.11. The maximum atomic E-state index is 13.1. The Bertz CT molecular complexity index is 1370. The van der Waals surface area contributed by atoms with E-state index in [-0.39, 0.29) is 29.3 Å². The van der Waals surface area contributed by atoms with Crippen molar-refractivity contribution in [1.29, 1.82) is 5.26 Å². The number of nitriles is 1. The molecule has 0 saturated heterocycles. The molecule has 0 spiro atoms. The van der Waals surface area contributed by atoms with E-state index in [4.69, 9.17) is 10.00 Å². The van der Waals surface area contributed by atoms with E-state index < -0.39 is 0 Å². The van der Waals surface area contributed by atoms with Gasteiger partial charge in [0, 0.05) is 29.2 Å². The Morgan fingerprint density at radius 1 is 1.06 bits per heavy atom. The third kappa shape index (κ3) is 4.02. The molecule has 0 aliphatic heterocycles. The van der Waals surface area contributed by atoms with Crippen LogP contribution in [0.4, 0.5) is 0 Å². The number of carbonyl (C=O) groups excluding carboxylic acids is 1. The summed E-state index contributed by atoms with van der Waals surface area (Å²) in [6, 6.07) is 21.0. The summed E-state index contributed by atoms with van der Waals surface area (Å²) in [5.74, 6) is -0.0504. The van der Waals surface area contributed by atoms with Crippen LogP contribution in [0.2, 0.25) is 0 Å². The van der Waals surface area contributed by atoms with Gasteiger partial charge in [-0.3, -0.25) is 4.79 Å². The molecule has 6 nitrogen and oxygen atoms in total. The number of aromatic nitrogens is 1.